The Labute approximate surface area is 130 Å². The molecular formula is C16H23NO3S. The van der Waals surface area contributed by atoms with E-state index in [4.69, 9.17) is 4.74 Å². The summed E-state index contributed by atoms with van der Waals surface area (Å²) in [6, 6.07) is 7.83. The predicted molar refractivity (Wildman–Crippen MR) is 87.7 cm³/mol. The van der Waals surface area contributed by atoms with Gasteiger partial charge in [-0.1, -0.05) is 32.9 Å². The van der Waals surface area contributed by atoms with Crippen LogP contribution in [0.15, 0.2) is 24.3 Å². The van der Waals surface area contributed by atoms with E-state index in [1.807, 2.05) is 24.3 Å². The van der Waals surface area contributed by atoms with Gasteiger partial charge in [0.05, 0.1) is 18.1 Å². The smallest absolute Gasteiger partial charge is 0.315 e. The molecule has 0 bridgehead atoms. The first-order chi connectivity index (χ1) is 9.82. The van der Waals surface area contributed by atoms with Gasteiger partial charge in [-0.25, -0.2) is 0 Å². The summed E-state index contributed by atoms with van der Waals surface area (Å²) in [5.41, 5.74) is 2.08. The highest BCUT2D eigenvalue weighted by atomic mass is 32.2. The average molecular weight is 309 g/mol. The number of anilines is 1. The topological polar surface area (TPSA) is 55.4 Å². The molecule has 0 fully saturated rings. The highest BCUT2D eigenvalue weighted by molar-refractivity contribution is 8.00. The lowest BCUT2D eigenvalue weighted by atomic mass is 9.87. The number of ether oxygens (including phenoxy) is 1. The van der Waals surface area contributed by atoms with E-state index in [0.717, 1.165) is 5.69 Å². The molecule has 1 amide bonds. The molecule has 0 spiro atoms. The summed E-state index contributed by atoms with van der Waals surface area (Å²) in [7, 11) is 0. The predicted octanol–water partition coefficient (Wildman–Crippen LogP) is 3.22. The number of nitrogens with one attached hydrogen (secondary N) is 1. The summed E-state index contributed by atoms with van der Waals surface area (Å²) in [5, 5.41) is 2.81. The van der Waals surface area contributed by atoms with Crippen LogP contribution in [0.4, 0.5) is 5.69 Å². The van der Waals surface area contributed by atoms with Crippen LogP contribution in [0.3, 0.4) is 0 Å². The SMILES string of the molecule is CCOC(=O)CSCC(=O)Nc1ccc(C(C)(C)C)cc1. The maximum Gasteiger partial charge on any atom is 0.315 e. The molecular weight excluding hydrogens is 286 g/mol. The zero-order chi connectivity index (χ0) is 15.9. The molecule has 0 unspecified atom stereocenters. The van der Waals surface area contributed by atoms with Crippen LogP contribution in [0.25, 0.3) is 0 Å². The first-order valence-electron chi connectivity index (χ1n) is 6.96. The van der Waals surface area contributed by atoms with Crippen molar-refractivity contribution in [1.29, 1.82) is 0 Å². The molecule has 1 rings (SSSR count). The van der Waals surface area contributed by atoms with Gasteiger partial charge in [0.2, 0.25) is 5.91 Å². The van der Waals surface area contributed by atoms with Crippen LogP contribution in [0.5, 0.6) is 0 Å². The summed E-state index contributed by atoms with van der Waals surface area (Å²) in [5.74, 6) is 0.0296. The van der Waals surface area contributed by atoms with Crippen LogP contribution in [0, 0.1) is 0 Å². The van der Waals surface area contributed by atoms with Gasteiger partial charge in [-0.2, -0.15) is 0 Å². The Morgan fingerprint density at radius 2 is 1.76 bits per heavy atom. The van der Waals surface area contributed by atoms with Crippen molar-refractivity contribution >= 4 is 29.3 Å². The van der Waals surface area contributed by atoms with Crippen molar-refractivity contribution in [3.05, 3.63) is 29.8 Å². The number of thioether (sulfide) groups is 1. The fourth-order valence-corrected chi connectivity index (χ4v) is 2.29. The zero-order valence-corrected chi connectivity index (χ0v) is 13.9. The lowest BCUT2D eigenvalue weighted by Gasteiger charge is -2.19. The van der Waals surface area contributed by atoms with Crippen LogP contribution in [-0.2, 0) is 19.7 Å². The van der Waals surface area contributed by atoms with Gasteiger partial charge in [0.15, 0.2) is 0 Å². The van der Waals surface area contributed by atoms with Gasteiger partial charge < -0.3 is 10.1 Å². The summed E-state index contributed by atoms with van der Waals surface area (Å²) in [6.45, 7) is 8.56. The van der Waals surface area contributed by atoms with Gasteiger partial charge in [-0.05, 0) is 30.0 Å². The lowest BCUT2D eigenvalue weighted by molar-refractivity contribution is -0.139. The zero-order valence-electron chi connectivity index (χ0n) is 13.1. The van der Waals surface area contributed by atoms with E-state index in [-0.39, 0.29) is 28.8 Å². The number of carbonyl (C=O) groups is 2. The Kier molecular flexibility index (Phi) is 6.75. The second-order valence-corrected chi connectivity index (χ2v) is 6.66. The van der Waals surface area contributed by atoms with Gasteiger partial charge in [-0.3, -0.25) is 9.59 Å². The van der Waals surface area contributed by atoms with Crippen molar-refractivity contribution < 1.29 is 14.3 Å². The van der Waals surface area contributed by atoms with Crippen LogP contribution in [0.2, 0.25) is 0 Å². The number of benzene rings is 1. The summed E-state index contributed by atoms with van der Waals surface area (Å²) in [6.07, 6.45) is 0. The van der Waals surface area contributed by atoms with E-state index >= 15 is 0 Å². The van der Waals surface area contributed by atoms with Gasteiger partial charge in [0.25, 0.3) is 0 Å². The number of hydrogen-bond acceptors (Lipinski definition) is 4. The highest BCUT2D eigenvalue weighted by Crippen LogP contribution is 2.23. The van der Waals surface area contributed by atoms with E-state index < -0.39 is 0 Å². The minimum Gasteiger partial charge on any atom is -0.465 e. The fraction of sp³-hybridized carbons (Fsp3) is 0.500. The molecule has 1 aromatic carbocycles. The molecule has 0 saturated carbocycles. The van der Waals surface area contributed by atoms with Crippen molar-refractivity contribution in [1.82, 2.24) is 0 Å². The number of esters is 1. The summed E-state index contributed by atoms with van der Waals surface area (Å²) >= 11 is 1.25. The largest absolute Gasteiger partial charge is 0.465 e. The van der Waals surface area contributed by atoms with E-state index in [9.17, 15) is 9.59 Å². The molecule has 0 saturated heterocycles. The van der Waals surface area contributed by atoms with E-state index in [1.165, 1.54) is 17.3 Å². The molecule has 0 aliphatic rings. The van der Waals surface area contributed by atoms with Crippen molar-refractivity contribution in [2.24, 2.45) is 0 Å². The monoisotopic (exact) mass is 309 g/mol. The first-order valence-corrected chi connectivity index (χ1v) is 8.12. The average Bonchev–Trinajstić information content (AvgIpc) is 2.38. The Bertz CT molecular complexity index is 477. The molecule has 0 aliphatic heterocycles. The maximum absolute atomic E-state index is 11.7. The van der Waals surface area contributed by atoms with Gasteiger partial charge >= 0.3 is 5.97 Å². The van der Waals surface area contributed by atoms with Crippen molar-refractivity contribution in [3.8, 4) is 0 Å². The molecule has 0 heterocycles. The van der Waals surface area contributed by atoms with E-state index in [0.29, 0.717) is 6.61 Å². The Balaban J connectivity index is 2.40. The van der Waals surface area contributed by atoms with Crippen molar-refractivity contribution in [3.63, 3.8) is 0 Å². The summed E-state index contributed by atoms with van der Waals surface area (Å²) in [4.78, 5) is 22.9. The lowest BCUT2D eigenvalue weighted by Crippen LogP contribution is -2.16. The van der Waals surface area contributed by atoms with E-state index in [1.54, 1.807) is 6.92 Å². The molecule has 5 heteroatoms. The molecule has 1 aromatic rings. The number of amides is 1. The molecule has 1 N–H and O–H groups in total. The molecule has 21 heavy (non-hydrogen) atoms. The normalized spacial score (nSPS) is 11.0. The maximum atomic E-state index is 11.7. The minimum atomic E-state index is -0.287. The molecule has 0 atom stereocenters. The second kappa shape index (κ2) is 8.08. The number of carbonyl (C=O) groups excluding carboxylic acids is 2. The molecule has 0 aromatic heterocycles. The third-order valence-corrected chi connectivity index (χ3v) is 3.70. The molecule has 0 aliphatic carbocycles. The van der Waals surface area contributed by atoms with Crippen LogP contribution in [-0.4, -0.2) is 30.0 Å². The van der Waals surface area contributed by atoms with Crippen LogP contribution < -0.4 is 5.32 Å². The number of hydrogen-bond donors (Lipinski definition) is 1. The van der Waals surface area contributed by atoms with Crippen molar-refractivity contribution in [2.75, 3.05) is 23.4 Å². The molecule has 0 radical (unpaired) electrons. The Hall–Kier alpha value is -1.49. The Morgan fingerprint density at radius 3 is 2.29 bits per heavy atom. The van der Waals surface area contributed by atoms with Crippen LogP contribution >= 0.6 is 11.8 Å². The van der Waals surface area contributed by atoms with Gasteiger partial charge in [0, 0.05) is 5.69 Å². The molecule has 116 valence electrons. The van der Waals surface area contributed by atoms with Gasteiger partial charge in [0.1, 0.15) is 0 Å². The second-order valence-electron chi connectivity index (χ2n) is 5.67. The minimum absolute atomic E-state index is 0.0953. The van der Waals surface area contributed by atoms with Gasteiger partial charge in [-0.15, -0.1) is 11.8 Å². The highest BCUT2D eigenvalue weighted by Gasteiger charge is 2.13. The molecule has 4 nitrogen and oxygen atoms in total. The summed E-state index contributed by atoms with van der Waals surface area (Å²) < 4.78 is 4.80. The van der Waals surface area contributed by atoms with Crippen molar-refractivity contribution in [2.45, 2.75) is 33.1 Å². The number of rotatable bonds is 6. The van der Waals surface area contributed by atoms with E-state index in [2.05, 4.69) is 26.1 Å². The standard InChI is InChI=1S/C16H23NO3S/c1-5-20-15(19)11-21-10-14(18)17-13-8-6-12(7-9-13)16(2,3)4/h6-9H,5,10-11H2,1-4H3,(H,17,18). The first kappa shape index (κ1) is 17.6. The fourth-order valence-electron chi connectivity index (χ4n) is 1.68. The Morgan fingerprint density at radius 1 is 1.14 bits per heavy atom. The quantitative estimate of drug-likeness (QED) is 0.820. The third-order valence-electron chi connectivity index (χ3n) is 2.79. The third kappa shape index (κ3) is 6.67. The van der Waals surface area contributed by atoms with Crippen LogP contribution in [0.1, 0.15) is 33.3 Å².